The molecule has 10 aromatic rings. The first-order valence-corrected chi connectivity index (χ1v) is 21.2. The van der Waals surface area contributed by atoms with E-state index in [-0.39, 0.29) is 40.8 Å². The molecule has 0 amide bonds. The number of nitrogens with zero attached hydrogens (tertiary/aromatic N) is 1. The molecule has 0 fully saturated rings. The van der Waals surface area contributed by atoms with E-state index >= 15 is 0 Å². The third-order valence-corrected chi connectivity index (χ3v) is 12.5. The summed E-state index contributed by atoms with van der Waals surface area (Å²) in [5.41, 5.74) is 15.5. The van der Waals surface area contributed by atoms with E-state index in [0.717, 1.165) is 77.8 Å². The van der Waals surface area contributed by atoms with Gasteiger partial charge in [-0.15, -0.1) is 0 Å². The molecule has 1 nitrogen and oxygen atoms in total. The standard InChI is InChI=1S/C61H45N/c1-61(2)59-23-12-11-22-57(59)58-35-34-56(41-60(58)61)62(54-30-26-45(27-31-54)48-20-13-21-49(36-48)50-25-24-44-18-9-10-19-47(44)37-50)55-32-28-46(29-33-55)53-39-51(42-14-5-3-6-15-42)38-52(40-53)43-16-7-4-8-17-43/h3-41H,1-2H3/i26D,27D,30D,31D. The first-order valence-electron chi connectivity index (χ1n) is 23.2. The molecule has 1 aliphatic rings. The summed E-state index contributed by atoms with van der Waals surface area (Å²) in [6.45, 7) is 4.48. The van der Waals surface area contributed by atoms with Crippen LogP contribution in [0.1, 0.15) is 30.5 Å². The Labute approximate surface area is 370 Å². The Hall–Kier alpha value is -7.74. The highest BCUT2D eigenvalue weighted by Gasteiger charge is 2.35. The summed E-state index contributed by atoms with van der Waals surface area (Å²) in [7, 11) is 0. The highest BCUT2D eigenvalue weighted by atomic mass is 15.1. The van der Waals surface area contributed by atoms with Crippen molar-refractivity contribution < 1.29 is 5.48 Å². The van der Waals surface area contributed by atoms with Crippen LogP contribution in [0, 0.1) is 0 Å². The maximum Gasteiger partial charge on any atom is 0.0645 e. The van der Waals surface area contributed by atoms with Crippen molar-refractivity contribution in [2.24, 2.45) is 0 Å². The molecule has 0 saturated carbocycles. The van der Waals surface area contributed by atoms with Crippen LogP contribution in [0.3, 0.4) is 0 Å². The molecular weight excluding hydrogens is 747 g/mol. The topological polar surface area (TPSA) is 3.24 Å². The van der Waals surface area contributed by atoms with Gasteiger partial charge in [0.15, 0.2) is 0 Å². The molecule has 1 aliphatic carbocycles. The minimum atomic E-state index is -0.299. The summed E-state index contributed by atoms with van der Waals surface area (Å²) in [4.78, 5) is 1.91. The molecule has 62 heavy (non-hydrogen) atoms. The number of hydrogen-bond acceptors (Lipinski definition) is 1. The van der Waals surface area contributed by atoms with Gasteiger partial charge in [0, 0.05) is 22.5 Å². The van der Waals surface area contributed by atoms with Crippen molar-refractivity contribution >= 4 is 27.8 Å². The van der Waals surface area contributed by atoms with Crippen LogP contribution in [0.15, 0.2) is 236 Å². The van der Waals surface area contributed by atoms with Gasteiger partial charge in [-0.2, -0.15) is 0 Å². The van der Waals surface area contributed by atoms with E-state index in [0.29, 0.717) is 5.56 Å². The fourth-order valence-corrected chi connectivity index (χ4v) is 9.22. The number of anilines is 3. The Morgan fingerprint density at radius 3 is 1.47 bits per heavy atom. The van der Waals surface area contributed by atoms with Gasteiger partial charge in [-0.25, -0.2) is 0 Å². The molecule has 0 saturated heterocycles. The van der Waals surface area contributed by atoms with E-state index in [1.165, 1.54) is 11.1 Å². The zero-order chi connectivity index (χ0) is 45.1. The second kappa shape index (κ2) is 15.4. The Morgan fingerprint density at radius 2 is 0.790 bits per heavy atom. The smallest absolute Gasteiger partial charge is 0.0645 e. The third-order valence-electron chi connectivity index (χ3n) is 12.5. The Balaban J connectivity index is 1.05. The normalized spacial score (nSPS) is 13.4. The first-order chi connectivity index (χ1) is 32.1. The number of benzene rings is 10. The van der Waals surface area contributed by atoms with Gasteiger partial charge in [0.1, 0.15) is 0 Å². The van der Waals surface area contributed by atoms with Crippen molar-refractivity contribution in [2.75, 3.05) is 4.90 Å². The fraction of sp³-hybridized carbons (Fsp3) is 0.0492. The van der Waals surface area contributed by atoms with Gasteiger partial charge in [0.25, 0.3) is 0 Å². The molecule has 0 spiro atoms. The summed E-state index contributed by atoms with van der Waals surface area (Å²) < 4.78 is 38.7. The third kappa shape index (κ3) is 6.79. The van der Waals surface area contributed by atoms with Gasteiger partial charge in [0.05, 0.1) is 5.48 Å². The predicted octanol–water partition coefficient (Wildman–Crippen LogP) is 17.0. The fourth-order valence-electron chi connectivity index (χ4n) is 9.22. The average Bonchev–Trinajstić information content (AvgIpc) is 3.60. The van der Waals surface area contributed by atoms with Crippen LogP contribution in [0.25, 0.3) is 77.5 Å². The Morgan fingerprint density at radius 1 is 0.306 bits per heavy atom. The van der Waals surface area contributed by atoms with E-state index in [9.17, 15) is 5.48 Å². The quantitative estimate of drug-likeness (QED) is 0.148. The molecule has 0 N–H and O–H groups in total. The van der Waals surface area contributed by atoms with Gasteiger partial charge in [-0.3, -0.25) is 0 Å². The van der Waals surface area contributed by atoms with Crippen LogP contribution in [-0.4, -0.2) is 0 Å². The van der Waals surface area contributed by atoms with E-state index in [4.69, 9.17) is 0 Å². The summed E-state index contributed by atoms with van der Waals surface area (Å²) in [6, 6.07) is 72.7. The van der Waals surface area contributed by atoms with Crippen LogP contribution in [0.5, 0.6) is 0 Å². The van der Waals surface area contributed by atoms with E-state index in [2.05, 4.69) is 159 Å². The molecule has 0 aliphatic heterocycles. The van der Waals surface area contributed by atoms with Crippen molar-refractivity contribution in [3.63, 3.8) is 0 Å². The monoisotopic (exact) mass is 795 g/mol. The second-order valence-corrected chi connectivity index (χ2v) is 16.7. The lowest BCUT2D eigenvalue weighted by atomic mass is 9.82. The van der Waals surface area contributed by atoms with Crippen molar-refractivity contribution in [2.45, 2.75) is 19.3 Å². The molecule has 1 heteroatoms. The van der Waals surface area contributed by atoms with Crippen molar-refractivity contribution in [3.05, 3.63) is 248 Å². The molecule has 0 radical (unpaired) electrons. The molecule has 11 rings (SSSR count). The SMILES string of the molecule is [2H]c1c([2H])c(N(c2ccc(-c3cc(-c4ccccc4)cc(-c4ccccc4)c3)cc2)c2ccc3c(c2)C(C)(C)c2ccccc2-3)c([2H])c([2H])c1-c1cccc(-c2ccc3ccccc3c2)c1. The van der Waals surface area contributed by atoms with Gasteiger partial charge in [-0.1, -0.05) is 184 Å². The number of rotatable bonds is 8. The largest absolute Gasteiger partial charge is 0.310 e. The Bertz CT molecular complexity index is 3400. The second-order valence-electron chi connectivity index (χ2n) is 16.7. The van der Waals surface area contributed by atoms with E-state index < -0.39 is 0 Å². The van der Waals surface area contributed by atoms with Crippen LogP contribution in [0.4, 0.5) is 17.1 Å². The zero-order valence-corrected chi connectivity index (χ0v) is 34.7. The summed E-state index contributed by atoms with van der Waals surface area (Å²) in [5, 5.41) is 2.27. The molecular formula is C61H45N. The predicted molar refractivity (Wildman–Crippen MR) is 263 cm³/mol. The van der Waals surface area contributed by atoms with Gasteiger partial charge >= 0.3 is 0 Å². The molecule has 0 unspecified atom stereocenters. The van der Waals surface area contributed by atoms with Crippen molar-refractivity contribution in [1.82, 2.24) is 0 Å². The molecule has 0 bridgehead atoms. The summed E-state index contributed by atoms with van der Waals surface area (Å²) in [6.07, 6.45) is 0. The van der Waals surface area contributed by atoms with Gasteiger partial charge in [-0.05, 0) is 155 Å². The van der Waals surface area contributed by atoms with Crippen LogP contribution >= 0.6 is 0 Å². The van der Waals surface area contributed by atoms with Crippen LogP contribution in [-0.2, 0) is 5.41 Å². The number of fused-ring (bicyclic) bond motifs is 4. The zero-order valence-electron chi connectivity index (χ0n) is 38.7. The maximum atomic E-state index is 9.75. The van der Waals surface area contributed by atoms with E-state index in [1.54, 1.807) is 0 Å². The van der Waals surface area contributed by atoms with Crippen LogP contribution in [0.2, 0.25) is 0 Å². The lowest BCUT2D eigenvalue weighted by Crippen LogP contribution is -2.16. The lowest BCUT2D eigenvalue weighted by Gasteiger charge is -2.28. The molecule has 294 valence electrons. The van der Waals surface area contributed by atoms with Gasteiger partial charge < -0.3 is 4.90 Å². The van der Waals surface area contributed by atoms with Gasteiger partial charge in [0.2, 0.25) is 0 Å². The maximum absolute atomic E-state index is 9.75. The molecule has 0 aromatic heterocycles. The first kappa shape index (κ1) is 33.0. The highest BCUT2D eigenvalue weighted by Crippen LogP contribution is 2.51. The molecule has 0 heterocycles. The summed E-state index contributed by atoms with van der Waals surface area (Å²) in [5.74, 6) is 0. The van der Waals surface area contributed by atoms with Crippen molar-refractivity contribution in [1.29, 1.82) is 0 Å². The number of hydrogen-bond donors (Lipinski definition) is 0. The Kier molecular flexibility index (Phi) is 8.19. The van der Waals surface area contributed by atoms with Crippen molar-refractivity contribution in [3.8, 4) is 66.8 Å². The lowest BCUT2D eigenvalue weighted by molar-refractivity contribution is 0.660. The van der Waals surface area contributed by atoms with E-state index in [1.807, 2.05) is 71.6 Å². The molecule has 10 aromatic carbocycles. The minimum Gasteiger partial charge on any atom is -0.310 e. The highest BCUT2D eigenvalue weighted by molar-refractivity contribution is 5.90. The minimum absolute atomic E-state index is 0.0941. The summed E-state index contributed by atoms with van der Waals surface area (Å²) >= 11 is 0. The molecule has 0 atom stereocenters. The average molecular weight is 796 g/mol. The van der Waals surface area contributed by atoms with Crippen LogP contribution < -0.4 is 4.90 Å².